The van der Waals surface area contributed by atoms with Gasteiger partial charge in [-0.05, 0) is 44.9 Å². The van der Waals surface area contributed by atoms with E-state index >= 15 is 0 Å². The fraction of sp³-hybridized carbons (Fsp3) is 0.524. The highest BCUT2D eigenvalue weighted by Gasteiger charge is 2.63. The van der Waals surface area contributed by atoms with E-state index in [9.17, 15) is 4.79 Å². The van der Waals surface area contributed by atoms with Crippen molar-refractivity contribution in [3.05, 3.63) is 47.5 Å². The van der Waals surface area contributed by atoms with E-state index in [4.69, 9.17) is 9.15 Å². The maximum absolute atomic E-state index is 12.6. The monoisotopic (exact) mass is 367 g/mol. The zero-order chi connectivity index (χ0) is 18.6. The van der Waals surface area contributed by atoms with Crippen molar-refractivity contribution in [2.75, 3.05) is 24.5 Å². The number of furan rings is 1. The Labute approximate surface area is 158 Å². The van der Waals surface area contributed by atoms with Crippen LogP contribution in [-0.2, 0) is 4.74 Å². The molecule has 2 bridgehead atoms. The third-order valence-electron chi connectivity index (χ3n) is 6.54. The Bertz CT molecular complexity index is 865. The van der Waals surface area contributed by atoms with Crippen molar-refractivity contribution in [3.63, 3.8) is 0 Å². The predicted octanol–water partition coefficient (Wildman–Crippen LogP) is 2.71. The number of nitrogens with one attached hydrogen (secondary N) is 1. The lowest BCUT2D eigenvalue weighted by atomic mass is 9.73. The van der Waals surface area contributed by atoms with Gasteiger partial charge in [-0.3, -0.25) is 4.79 Å². The number of aryl methyl sites for hydroxylation is 2. The summed E-state index contributed by atoms with van der Waals surface area (Å²) in [6.45, 7) is 6.19. The van der Waals surface area contributed by atoms with Crippen LogP contribution >= 0.6 is 0 Å². The maximum atomic E-state index is 12.6. The van der Waals surface area contributed by atoms with Gasteiger partial charge in [-0.2, -0.15) is 0 Å². The van der Waals surface area contributed by atoms with Gasteiger partial charge in [0.15, 0.2) is 0 Å². The minimum atomic E-state index is -0.0697. The van der Waals surface area contributed by atoms with E-state index in [1.165, 1.54) is 0 Å². The third kappa shape index (κ3) is 2.65. The van der Waals surface area contributed by atoms with Crippen molar-refractivity contribution >= 4 is 11.7 Å². The molecule has 3 aliphatic rings. The van der Waals surface area contributed by atoms with Crippen molar-refractivity contribution in [1.82, 2.24) is 10.3 Å². The Morgan fingerprint density at radius 2 is 2.30 bits per heavy atom. The number of hydrogen-bond acceptors (Lipinski definition) is 5. The Hall–Kier alpha value is -2.34. The van der Waals surface area contributed by atoms with Gasteiger partial charge < -0.3 is 19.4 Å². The van der Waals surface area contributed by atoms with E-state index in [1.807, 2.05) is 38.2 Å². The third-order valence-corrected chi connectivity index (χ3v) is 6.54. The van der Waals surface area contributed by atoms with Crippen LogP contribution in [0.2, 0.25) is 0 Å². The molecule has 142 valence electrons. The van der Waals surface area contributed by atoms with Gasteiger partial charge in [0.1, 0.15) is 17.3 Å². The van der Waals surface area contributed by atoms with Crippen LogP contribution in [-0.4, -0.2) is 42.2 Å². The topological polar surface area (TPSA) is 67.6 Å². The van der Waals surface area contributed by atoms with E-state index in [-0.39, 0.29) is 17.6 Å². The van der Waals surface area contributed by atoms with Gasteiger partial charge in [0.2, 0.25) is 0 Å². The number of rotatable bonds is 4. The van der Waals surface area contributed by atoms with Crippen LogP contribution in [0.4, 0.5) is 5.82 Å². The summed E-state index contributed by atoms with van der Waals surface area (Å²) >= 11 is 0. The van der Waals surface area contributed by atoms with E-state index in [0.29, 0.717) is 29.7 Å². The van der Waals surface area contributed by atoms with Gasteiger partial charge in [-0.25, -0.2) is 4.98 Å². The number of ether oxygens (including phenoxy) is 1. The van der Waals surface area contributed by atoms with Gasteiger partial charge in [0, 0.05) is 37.7 Å². The molecular formula is C21H25N3O3. The average Bonchev–Trinajstić information content (AvgIpc) is 3.39. The Kier molecular flexibility index (Phi) is 3.79. The summed E-state index contributed by atoms with van der Waals surface area (Å²) in [6, 6.07) is 7.84. The number of fused-ring (bicyclic) bond motifs is 1. The van der Waals surface area contributed by atoms with E-state index in [0.717, 1.165) is 37.5 Å². The maximum Gasteiger partial charge on any atom is 0.254 e. The fourth-order valence-corrected chi connectivity index (χ4v) is 5.34. The van der Waals surface area contributed by atoms with Crippen molar-refractivity contribution < 1.29 is 13.9 Å². The zero-order valence-electron chi connectivity index (χ0n) is 15.8. The summed E-state index contributed by atoms with van der Waals surface area (Å²) in [7, 11) is 0. The highest BCUT2D eigenvalue weighted by atomic mass is 16.5. The minimum Gasteiger partial charge on any atom is -0.466 e. The number of amides is 1. The molecule has 5 rings (SSSR count). The lowest BCUT2D eigenvalue weighted by molar-refractivity contribution is 0.0141. The molecule has 4 atom stereocenters. The van der Waals surface area contributed by atoms with Crippen LogP contribution in [0.5, 0.6) is 0 Å². The van der Waals surface area contributed by atoms with Gasteiger partial charge in [-0.1, -0.05) is 6.07 Å². The van der Waals surface area contributed by atoms with Gasteiger partial charge >= 0.3 is 0 Å². The van der Waals surface area contributed by atoms with Gasteiger partial charge in [-0.15, -0.1) is 0 Å². The number of nitrogens with zero attached hydrogens (tertiary/aromatic N) is 2. The minimum absolute atomic E-state index is 0.0549. The smallest absolute Gasteiger partial charge is 0.254 e. The molecule has 6 heteroatoms. The first kappa shape index (κ1) is 16.8. The molecule has 27 heavy (non-hydrogen) atoms. The summed E-state index contributed by atoms with van der Waals surface area (Å²) in [4.78, 5) is 19.4. The molecule has 3 saturated heterocycles. The second-order valence-electron chi connectivity index (χ2n) is 8.14. The molecule has 2 aromatic heterocycles. The zero-order valence-corrected chi connectivity index (χ0v) is 15.8. The summed E-state index contributed by atoms with van der Waals surface area (Å²) < 4.78 is 12.0. The molecule has 1 spiro atoms. The molecule has 2 aromatic rings. The summed E-state index contributed by atoms with van der Waals surface area (Å²) in [6.07, 6.45) is 4.28. The first-order valence-electron chi connectivity index (χ1n) is 9.75. The molecule has 0 radical (unpaired) electrons. The van der Waals surface area contributed by atoms with Crippen LogP contribution in [0, 0.1) is 25.7 Å². The molecule has 0 aliphatic carbocycles. The highest BCUT2D eigenvalue weighted by molar-refractivity contribution is 5.95. The molecule has 5 heterocycles. The van der Waals surface area contributed by atoms with Crippen molar-refractivity contribution in [3.8, 4) is 0 Å². The quantitative estimate of drug-likeness (QED) is 0.900. The average molecular weight is 367 g/mol. The Morgan fingerprint density at radius 1 is 1.41 bits per heavy atom. The molecule has 1 amide bonds. The molecule has 1 N–H and O–H groups in total. The van der Waals surface area contributed by atoms with Crippen molar-refractivity contribution in [2.24, 2.45) is 11.8 Å². The highest BCUT2D eigenvalue weighted by Crippen LogP contribution is 2.55. The molecule has 6 nitrogen and oxygen atoms in total. The lowest BCUT2D eigenvalue weighted by Gasteiger charge is -2.29. The lowest BCUT2D eigenvalue weighted by Crippen LogP contribution is -2.41. The van der Waals surface area contributed by atoms with Gasteiger partial charge in [0.25, 0.3) is 5.91 Å². The standard InChI is InChI=1S/C21H25N3O3/c1-13-9-15(14(2)26-13)20(25)23-10-16-17-11-24(19-5-3-4-8-22-19)12-21(17)7-6-18(16)27-21/h3-5,8-9,16-18H,6-7,10-12H2,1-2H3,(H,23,25)/t16-,17+,18+,21+/m0/s1. The van der Waals surface area contributed by atoms with E-state index in [2.05, 4.69) is 21.3 Å². The van der Waals surface area contributed by atoms with Gasteiger partial charge in [0.05, 0.1) is 17.3 Å². The van der Waals surface area contributed by atoms with Crippen LogP contribution in [0.1, 0.15) is 34.7 Å². The normalized spacial score (nSPS) is 31.3. The van der Waals surface area contributed by atoms with Crippen LogP contribution < -0.4 is 10.2 Å². The van der Waals surface area contributed by atoms with Crippen LogP contribution in [0.15, 0.2) is 34.9 Å². The predicted molar refractivity (Wildman–Crippen MR) is 101 cm³/mol. The fourth-order valence-electron chi connectivity index (χ4n) is 5.34. The molecular weight excluding hydrogens is 342 g/mol. The van der Waals surface area contributed by atoms with Crippen molar-refractivity contribution in [1.29, 1.82) is 0 Å². The Morgan fingerprint density at radius 3 is 3.04 bits per heavy atom. The molecule has 0 aromatic carbocycles. The van der Waals surface area contributed by atoms with Crippen LogP contribution in [0.25, 0.3) is 0 Å². The first-order chi connectivity index (χ1) is 13.1. The second-order valence-corrected chi connectivity index (χ2v) is 8.14. The molecule has 3 aliphatic heterocycles. The number of hydrogen-bond donors (Lipinski definition) is 1. The summed E-state index contributed by atoms with van der Waals surface area (Å²) in [5.41, 5.74) is 0.563. The molecule has 0 unspecified atom stereocenters. The summed E-state index contributed by atoms with van der Waals surface area (Å²) in [5.74, 6) is 3.19. The summed E-state index contributed by atoms with van der Waals surface area (Å²) in [5, 5.41) is 3.13. The van der Waals surface area contributed by atoms with E-state index < -0.39 is 0 Å². The number of aromatic nitrogens is 1. The second kappa shape index (κ2) is 6.09. The van der Waals surface area contributed by atoms with Crippen LogP contribution in [0.3, 0.4) is 0 Å². The van der Waals surface area contributed by atoms with Crippen molar-refractivity contribution in [2.45, 2.75) is 38.4 Å². The number of carbonyl (C=O) groups excluding carboxylic acids is 1. The molecule has 3 fully saturated rings. The number of pyridine rings is 1. The Balaban J connectivity index is 1.30. The first-order valence-corrected chi connectivity index (χ1v) is 9.75. The van der Waals surface area contributed by atoms with E-state index in [1.54, 1.807) is 0 Å². The number of carbonyl (C=O) groups is 1. The SMILES string of the molecule is Cc1cc(C(=O)NC[C@H]2[C@H]3CN(c4ccccn4)C[C@]34CC[C@H]2O4)c(C)o1. The largest absolute Gasteiger partial charge is 0.466 e. The molecule has 0 saturated carbocycles. The number of anilines is 1.